The van der Waals surface area contributed by atoms with Crippen molar-refractivity contribution < 1.29 is 14.0 Å². The second-order valence-corrected chi connectivity index (χ2v) is 3.03. The first kappa shape index (κ1) is 8.80. The molecule has 5 heteroatoms. The number of hydrogen-bond donors (Lipinski definition) is 0. The lowest BCUT2D eigenvalue weighted by Crippen LogP contribution is -2.39. The number of allylic oxidation sites excluding steroid dienone is 3. The maximum atomic E-state index is 12.9. The summed E-state index contributed by atoms with van der Waals surface area (Å²) in [5, 5.41) is 0. The zero-order valence-corrected chi connectivity index (χ0v) is 7.40. The van der Waals surface area contributed by atoms with Crippen LogP contribution in [-0.4, -0.2) is 35.8 Å². The third-order valence-electron chi connectivity index (χ3n) is 2.08. The molecule has 2 rings (SSSR count). The van der Waals surface area contributed by atoms with Crippen LogP contribution in [0.4, 0.5) is 9.18 Å². The van der Waals surface area contributed by atoms with E-state index in [-0.39, 0.29) is 11.3 Å². The zero-order chi connectivity index (χ0) is 10.3. The van der Waals surface area contributed by atoms with Gasteiger partial charge >= 0.3 is 6.03 Å². The lowest BCUT2D eigenvalue weighted by atomic mass is 10.0. The van der Waals surface area contributed by atoms with Crippen LogP contribution in [0.15, 0.2) is 28.8 Å². The van der Waals surface area contributed by atoms with Gasteiger partial charge in [0.1, 0.15) is 6.17 Å². The van der Waals surface area contributed by atoms with Gasteiger partial charge in [0, 0.05) is 7.05 Å². The van der Waals surface area contributed by atoms with Gasteiger partial charge in [-0.05, 0) is 18.2 Å². The molecule has 0 N–H and O–H groups in total. The summed E-state index contributed by atoms with van der Waals surface area (Å²) < 4.78 is 12.9. The molecule has 14 heavy (non-hydrogen) atoms. The molecule has 3 amide bonds. The summed E-state index contributed by atoms with van der Waals surface area (Å²) in [6.07, 6.45) is 2.47. The number of urea groups is 1. The molecule has 1 heterocycles. The SMILES string of the molecule is CN1C(=O)N=C2C=CC(F)C=C2C1=O. The highest BCUT2D eigenvalue weighted by Crippen LogP contribution is 2.18. The fourth-order valence-electron chi connectivity index (χ4n) is 1.30. The Morgan fingerprint density at radius 1 is 1.50 bits per heavy atom. The molecule has 0 aromatic heterocycles. The van der Waals surface area contributed by atoms with E-state index in [4.69, 9.17) is 0 Å². The van der Waals surface area contributed by atoms with E-state index in [2.05, 4.69) is 4.99 Å². The number of aliphatic imine (C=N–C) groups is 1. The van der Waals surface area contributed by atoms with Gasteiger partial charge in [0.05, 0.1) is 11.3 Å². The minimum atomic E-state index is -1.28. The van der Waals surface area contributed by atoms with E-state index in [1.165, 1.54) is 19.2 Å². The highest BCUT2D eigenvalue weighted by Gasteiger charge is 2.30. The molecule has 0 bridgehead atoms. The molecule has 0 spiro atoms. The molecule has 1 aliphatic heterocycles. The Morgan fingerprint density at radius 2 is 2.21 bits per heavy atom. The molecule has 72 valence electrons. The van der Waals surface area contributed by atoms with Gasteiger partial charge in [-0.1, -0.05) is 0 Å². The van der Waals surface area contributed by atoms with Gasteiger partial charge in [-0.15, -0.1) is 0 Å². The first-order chi connectivity index (χ1) is 6.59. The van der Waals surface area contributed by atoms with Crippen LogP contribution in [0.2, 0.25) is 0 Å². The Morgan fingerprint density at radius 3 is 2.93 bits per heavy atom. The highest BCUT2D eigenvalue weighted by molar-refractivity contribution is 6.33. The Bertz CT molecular complexity index is 409. The monoisotopic (exact) mass is 194 g/mol. The van der Waals surface area contributed by atoms with Crippen molar-refractivity contribution in [1.29, 1.82) is 0 Å². The van der Waals surface area contributed by atoms with E-state index in [0.717, 1.165) is 11.0 Å². The summed E-state index contributed by atoms with van der Waals surface area (Å²) >= 11 is 0. The van der Waals surface area contributed by atoms with Gasteiger partial charge in [0.25, 0.3) is 5.91 Å². The second kappa shape index (κ2) is 2.87. The fourth-order valence-corrected chi connectivity index (χ4v) is 1.30. The molecule has 0 radical (unpaired) electrons. The summed E-state index contributed by atoms with van der Waals surface area (Å²) in [6.45, 7) is 0. The fraction of sp³-hybridized carbons (Fsp3) is 0.222. The first-order valence-electron chi connectivity index (χ1n) is 4.05. The van der Waals surface area contributed by atoms with Crippen molar-refractivity contribution in [1.82, 2.24) is 4.90 Å². The number of alkyl halides is 1. The van der Waals surface area contributed by atoms with Crippen LogP contribution < -0.4 is 0 Å². The lowest BCUT2D eigenvalue weighted by Gasteiger charge is -2.22. The molecule has 4 nitrogen and oxygen atoms in total. The normalized spacial score (nSPS) is 25.9. The van der Waals surface area contributed by atoms with Crippen molar-refractivity contribution in [2.75, 3.05) is 7.05 Å². The summed E-state index contributed by atoms with van der Waals surface area (Å²) in [5.41, 5.74) is 0.397. The maximum Gasteiger partial charge on any atom is 0.350 e. The van der Waals surface area contributed by atoms with Crippen molar-refractivity contribution >= 4 is 17.6 Å². The van der Waals surface area contributed by atoms with Crippen molar-refractivity contribution in [2.24, 2.45) is 4.99 Å². The highest BCUT2D eigenvalue weighted by atomic mass is 19.1. The predicted molar refractivity (Wildman–Crippen MR) is 47.7 cm³/mol. The van der Waals surface area contributed by atoms with E-state index >= 15 is 0 Å². The largest absolute Gasteiger partial charge is 0.350 e. The number of halogens is 1. The van der Waals surface area contributed by atoms with Crippen LogP contribution in [0.1, 0.15) is 0 Å². The molecule has 0 saturated heterocycles. The zero-order valence-electron chi connectivity index (χ0n) is 7.40. The molecule has 1 aliphatic carbocycles. The second-order valence-electron chi connectivity index (χ2n) is 3.03. The molecule has 0 saturated carbocycles. The minimum absolute atomic E-state index is 0.155. The molecule has 0 aromatic rings. The Balaban J connectivity index is 2.50. The number of amides is 3. The Hall–Kier alpha value is -1.78. The van der Waals surface area contributed by atoms with Gasteiger partial charge in [0.2, 0.25) is 0 Å². The van der Waals surface area contributed by atoms with Crippen LogP contribution in [0.25, 0.3) is 0 Å². The van der Waals surface area contributed by atoms with Crippen molar-refractivity contribution in [3.8, 4) is 0 Å². The average molecular weight is 194 g/mol. The molecule has 0 fully saturated rings. The number of imide groups is 1. The number of rotatable bonds is 0. The summed E-state index contributed by atoms with van der Waals surface area (Å²) in [5.74, 6) is -0.507. The number of nitrogens with zero attached hydrogens (tertiary/aromatic N) is 2. The predicted octanol–water partition coefficient (Wildman–Crippen LogP) is 0.854. The quantitative estimate of drug-likeness (QED) is 0.574. The van der Waals surface area contributed by atoms with Crippen LogP contribution in [0, 0.1) is 0 Å². The number of hydrogen-bond acceptors (Lipinski definition) is 2. The molecular formula is C9H7FN2O2. The lowest BCUT2D eigenvalue weighted by molar-refractivity contribution is -0.122. The molecule has 0 aromatic carbocycles. The standard InChI is InChI=1S/C9H7FN2O2/c1-12-8(13)6-4-5(10)2-3-7(6)11-9(12)14/h2-5H,1H3. The maximum absolute atomic E-state index is 12.9. The summed E-state index contributed by atoms with van der Waals surface area (Å²) in [4.78, 5) is 27.1. The Labute approximate surface area is 79.4 Å². The molecule has 1 unspecified atom stereocenters. The van der Waals surface area contributed by atoms with Crippen molar-refractivity contribution in [3.05, 3.63) is 23.8 Å². The molecule has 2 aliphatic rings. The van der Waals surface area contributed by atoms with Gasteiger partial charge < -0.3 is 0 Å². The van der Waals surface area contributed by atoms with E-state index < -0.39 is 18.1 Å². The van der Waals surface area contributed by atoms with Crippen molar-refractivity contribution in [2.45, 2.75) is 6.17 Å². The minimum Gasteiger partial charge on any atom is -0.268 e. The van der Waals surface area contributed by atoms with Crippen LogP contribution in [0.3, 0.4) is 0 Å². The van der Waals surface area contributed by atoms with Gasteiger partial charge in [-0.25, -0.2) is 9.18 Å². The van der Waals surface area contributed by atoms with E-state index in [0.29, 0.717) is 0 Å². The molecular weight excluding hydrogens is 187 g/mol. The Kier molecular flexibility index (Phi) is 1.80. The van der Waals surface area contributed by atoms with Gasteiger partial charge in [0.15, 0.2) is 0 Å². The van der Waals surface area contributed by atoms with Crippen LogP contribution in [-0.2, 0) is 4.79 Å². The van der Waals surface area contributed by atoms with Crippen LogP contribution in [0.5, 0.6) is 0 Å². The van der Waals surface area contributed by atoms with Gasteiger partial charge in [-0.2, -0.15) is 4.99 Å². The smallest absolute Gasteiger partial charge is 0.268 e. The number of fused-ring (bicyclic) bond motifs is 1. The first-order valence-corrected chi connectivity index (χ1v) is 4.05. The van der Waals surface area contributed by atoms with E-state index in [9.17, 15) is 14.0 Å². The van der Waals surface area contributed by atoms with E-state index in [1.54, 1.807) is 0 Å². The number of carbonyl (C=O) groups excluding carboxylic acids is 2. The number of likely N-dealkylation sites (N-methyl/N-ethyl adjacent to an activating group) is 1. The summed E-state index contributed by atoms with van der Waals surface area (Å²) in [6, 6.07) is -0.621. The molecule has 1 atom stereocenters. The van der Waals surface area contributed by atoms with Crippen molar-refractivity contribution in [3.63, 3.8) is 0 Å². The average Bonchev–Trinajstić information content (AvgIpc) is 2.16. The summed E-state index contributed by atoms with van der Waals surface area (Å²) in [7, 11) is 1.32. The van der Waals surface area contributed by atoms with E-state index in [1.807, 2.05) is 0 Å². The number of carbonyl (C=O) groups is 2. The topological polar surface area (TPSA) is 49.7 Å². The van der Waals surface area contributed by atoms with Crippen LogP contribution >= 0.6 is 0 Å². The van der Waals surface area contributed by atoms with Gasteiger partial charge in [-0.3, -0.25) is 9.69 Å². The third kappa shape index (κ3) is 1.17. The third-order valence-corrected chi connectivity index (χ3v) is 2.08.